The van der Waals surface area contributed by atoms with E-state index in [0.717, 1.165) is 22.0 Å². The molecule has 0 aliphatic carbocycles. The van der Waals surface area contributed by atoms with Crippen LogP contribution in [0.4, 0.5) is 5.13 Å². The summed E-state index contributed by atoms with van der Waals surface area (Å²) in [5.41, 5.74) is 1.89. The van der Waals surface area contributed by atoms with Gasteiger partial charge in [-0.15, -0.1) is 11.3 Å². The van der Waals surface area contributed by atoms with Gasteiger partial charge in [0.2, 0.25) is 0 Å². The number of anilines is 1. The van der Waals surface area contributed by atoms with Gasteiger partial charge >= 0.3 is 0 Å². The second-order valence-corrected chi connectivity index (χ2v) is 4.39. The van der Waals surface area contributed by atoms with Gasteiger partial charge in [-0.3, -0.25) is 0 Å². The summed E-state index contributed by atoms with van der Waals surface area (Å²) in [6.07, 6.45) is 1.76. The molecule has 0 saturated carbocycles. The summed E-state index contributed by atoms with van der Waals surface area (Å²) < 4.78 is 5.29. The molecule has 2 aromatic rings. The molecule has 4 nitrogen and oxygen atoms in total. The number of hydrogen-bond acceptors (Lipinski definition) is 5. The summed E-state index contributed by atoms with van der Waals surface area (Å²) in [7, 11) is 1.63. The number of benzene rings is 1. The van der Waals surface area contributed by atoms with Crippen LogP contribution >= 0.6 is 11.3 Å². The fraction of sp³-hybridized carbons (Fsp3) is 0.250. The van der Waals surface area contributed by atoms with Crippen molar-refractivity contribution in [3.05, 3.63) is 40.9 Å². The van der Waals surface area contributed by atoms with Gasteiger partial charge in [0, 0.05) is 23.7 Å². The molecular weight excluding hydrogens is 236 g/mol. The number of aliphatic hydroxyl groups excluding tert-OH is 1. The molecular formula is C12H14N2O2S. The topological polar surface area (TPSA) is 54.4 Å². The molecule has 0 radical (unpaired) electrons. The predicted molar refractivity (Wildman–Crippen MR) is 68.4 cm³/mol. The maximum Gasteiger partial charge on any atom is 0.182 e. The summed E-state index contributed by atoms with van der Waals surface area (Å²) in [4.78, 5) is 4.15. The van der Waals surface area contributed by atoms with Crippen molar-refractivity contribution in [1.82, 2.24) is 4.98 Å². The molecule has 0 fully saturated rings. The molecule has 0 atom stereocenters. The van der Waals surface area contributed by atoms with E-state index < -0.39 is 0 Å². The summed E-state index contributed by atoms with van der Waals surface area (Å²) in [6, 6.07) is 5.69. The van der Waals surface area contributed by atoms with E-state index in [0.29, 0.717) is 6.54 Å². The van der Waals surface area contributed by atoms with Crippen LogP contribution in [0.5, 0.6) is 5.75 Å². The first-order valence-electron chi connectivity index (χ1n) is 5.23. The Morgan fingerprint density at radius 1 is 1.47 bits per heavy atom. The molecule has 1 heterocycles. The Bertz CT molecular complexity index is 471. The molecule has 90 valence electrons. The number of methoxy groups -OCH3 is 1. The number of aromatic nitrogens is 1. The fourth-order valence-electron chi connectivity index (χ4n) is 1.51. The Kier molecular flexibility index (Phi) is 3.95. The lowest BCUT2D eigenvalue weighted by molar-refractivity contribution is 0.281. The van der Waals surface area contributed by atoms with Crippen molar-refractivity contribution in [1.29, 1.82) is 0 Å². The van der Waals surface area contributed by atoms with Crippen molar-refractivity contribution < 1.29 is 9.84 Å². The van der Waals surface area contributed by atoms with Crippen LogP contribution in [-0.4, -0.2) is 17.2 Å². The van der Waals surface area contributed by atoms with Crippen LogP contribution in [0.3, 0.4) is 0 Å². The average molecular weight is 250 g/mol. The number of nitrogens with one attached hydrogen (secondary N) is 1. The molecule has 0 saturated heterocycles. The summed E-state index contributed by atoms with van der Waals surface area (Å²) in [5.74, 6) is 0.778. The van der Waals surface area contributed by atoms with Crippen molar-refractivity contribution in [3.8, 4) is 5.75 Å². The zero-order chi connectivity index (χ0) is 12.1. The lowest BCUT2D eigenvalue weighted by atomic mass is 10.1. The van der Waals surface area contributed by atoms with Crippen molar-refractivity contribution in [2.45, 2.75) is 13.2 Å². The Balaban J connectivity index is 2.09. The third-order valence-electron chi connectivity index (χ3n) is 2.40. The molecule has 1 aromatic heterocycles. The normalized spacial score (nSPS) is 10.2. The molecule has 1 aromatic carbocycles. The number of hydrogen-bond donors (Lipinski definition) is 2. The van der Waals surface area contributed by atoms with Crippen molar-refractivity contribution >= 4 is 16.5 Å². The van der Waals surface area contributed by atoms with Crippen LogP contribution in [0.25, 0.3) is 0 Å². The summed E-state index contributed by atoms with van der Waals surface area (Å²) in [6.45, 7) is 0.680. The van der Waals surface area contributed by atoms with Crippen LogP contribution in [-0.2, 0) is 13.2 Å². The number of thiazole rings is 1. The second kappa shape index (κ2) is 5.65. The third kappa shape index (κ3) is 2.95. The minimum absolute atomic E-state index is 0.0244. The van der Waals surface area contributed by atoms with Gasteiger partial charge in [-0.05, 0) is 11.6 Å². The number of ether oxygens (including phenoxy) is 1. The van der Waals surface area contributed by atoms with Gasteiger partial charge in [0.25, 0.3) is 0 Å². The summed E-state index contributed by atoms with van der Waals surface area (Å²) in [5, 5.41) is 15.1. The maximum absolute atomic E-state index is 9.05. The molecule has 2 N–H and O–H groups in total. The van der Waals surface area contributed by atoms with E-state index in [9.17, 15) is 0 Å². The minimum Gasteiger partial charge on any atom is -0.496 e. The van der Waals surface area contributed by atoms with E-state index in [2.05, 4.69) is 10.3 Å². The van der Waals surface area contributed by atoms with Gasteiger partial charge in [-0.25, -0.2) is 4.98 Å². The molecule has 5 heteroatoms. The van der Waals surface area contributed by atoms with Gasteiger partial charge in [-0.1, -0.05) is 12.1 Å². The minimum atomic E-state index is 0.0244. The highest BCUT2D eigenvalue weighted by Gasteiger charge is 2.04. The van der Waals surface area contributed by atoms with Crippen molar-refractivity contribution in [3.63, 3.8) is 0 Å². The smallest absolute Gasteiger partial charge is 0.182 e. The van der Waals surface area contributed by atoms with E-state index in [-0.39, 0.29) is 6.61 Å². The first-order valence-corrected chi connectivity index (χ1v) is 6.11. The first-order chi connectivity index (χ1) is 8.33. The second-order valence-electron chi connectivity index (χ2n) is 3.50. The zero-order valence-corrected chi connectivity index (χ0v) is 10.3. The first kappa shape index (κ1) is 11.9. The van der Waals surface area contributed by atoms with Gasteiger partial charge < -0.3 is 15.2 Å². The predicted octanol–water partition coefficient (Wildman–Crippen LogP) is 2.26. The molecule has 2 rings (SSSR count). The van der Waals surface area contributed by atoms with Crippen molar-refractivity contribution in [2.75, 3.05) is 12.4 Å². The van der Waals surface area contributed by atoms with Crippen LogP contribution in [0.15, 0.2) is 29.8 Å². The quantitative estimate of drug-likeness (QED) is 0.854. The third-order valence-corrected chi connectivity index (χ3v) is 3.13. The fourth-order valence-corrected chi connectivity index (χ4v) is 2.04. The standard InChI is InChI=1S/C12H14N2O2S/c1-16-11-6-9(8-15)2-3-10(11)7-14-12-13-4-5-17-12/h2-6,15H,7-8H2,1H3,(H,13,14). The van der Waals surface area contributed by atoms with Gasteiger partial charge in [0.15, 0.2) is 5.13 Å². The largest absolute Gasteiger partial charge is 0.496 e. The Morgan fingerprint density at radius 3 is 3.00 bits per heavy atom. The molecule has 0 spiro atoms. The van der Waals surface area contributed by atoms with E-state index in [4.69, 9.17) is 9.84 Å². The molecule has 0 bridgehead atoms. The van der Waals surface area contributed by atoms with Crippen LogP contribution < -0.4 is 10.1 Å². The molecule has 0 amide bonds. The van der Waals surface area contributed by atoms with E-state index in [1.165, 1.54) is 0 Å². The lowest BCUT2D eigenvalue weighted by Crippen LogP contribution is -2.02. The molecule has 0 aliphatic heterocycles. The zero-order valence-electron chi connectivity index (χ0n) is 9.51. The molecule has 17 heavy (non-hydrogen) atoms. The Labute approximate surface area is 104 Å². The van der Waals surface area contributed by atoms with Crippen molar-refractivity contribution in [2.24, 2.45) is 0 Å². The monoisotopic (exact) mass is 250 g/mol. The number of rotatable bonds is 5. The molecule has 0 aliphatic rings. The van der Waals surface area contributed by atoms with E-state index >= 15 is 0 Å². The average Bonchev–Trinajstić information content (AvgIpc) is 2.89. The lowest BCUT2D eigenvalue weighted by Gasteiger charge is -2.10. The molecule has 0 unspecified atom stereocenters. The Hall–Kier alpha value is -1.59. The summed E-state index contributed by atoms with van der Waals surface area (Å²) >= 11 is 1.56. The van der Waals surface area contributed by atoms with Crippen LogP contribution in [0.1, 0.15) is 11.1 Å². The highest BCUT2D eigenvalue weighted by Crippen LogP contribution is 2.22. The maximum atomic E-state index is 9.05. The van der Waals surface area contributed by atoms with E-state index in [1.54, 1.807) is 24.6 Å². The van der Waals surface area contributed by atoms with Gasteiger partial charge in [-0.2, -0.15) is 0 Å². The highest BCUT2D eigenvalue weighted by molar-refractivity contribution is 7.13. The SMILES string of the molecule is COc1cc(CO)ccc1CNc1nccs1. The van der Waals surface area contributed by atoms with Crippen LogP contribution in [0.2, 0.25) is 0 Å². The van der Waals surface area contributed by atoms with E-state index in [1.807, 2.05) is 23.6 Å². The van der Waals surface area contributed by atoms with Gasteiger partial charge in [0.05, 0.1) is 13.7 Å². The Morgan fingerprint density at radius 2 is 2.35 bits per heavy atom. The van der Waals surface area contributed by atoms with Gasteiger partial charge in [0.1, 0.15) is 5.75 Å². The highest BCUT2D eigenvalue weighted by atomic mass is 32.1. The number of nitrogens with zero attached hydrogens (tertiary/aromatic N) is 1. The number of aliphatic hydroxyl groups is 1. The van der Waals surface area contributed by atoms with Crippen LogP contribution in [0, 0.1) is 0 Å².